The number of carbonyl (C=O) groups excluding carboxylic acids is 1. The monoisotopic (exact) mass is 277 g/mol. The molecule has 82 valence electrons. The maximum Gasteiger partial charge on any atom is 0.263 e. The van der Waals surface area contributed by atoms with Gasteiger partial charge in [0.15, 0.2) is 0 Å². The van der Waals surface area contributed by atoms with E-state index in [9.17, 15) is 13.6 Å². The number of Topliss-reactive ketones (excluding diaryl/α,β-unsaturated/α-hetero) is 1. The summed E-state index contributed by atoms with van der Waals surface area (Å²) >= 11 is 3.02. The molecule has 15 heavy (non-hydrogen) atoms. The third kappa shape index (κ3) is 3.27. The summed E-state index contributed by atoms with van der Waals surface area (Å²) in [4.78, 5) is 11.1. The predicted molar refractivity (Wildman–Crippen MR) is 58.3 cm³/mol. The Morgan fingerprint density at radius 3 is 2.60 bits per heavy atom. The quantitative estimate of drug-likeness (QED) is 0.679. The van der Waals surface area contributed by atoms with Crippen LogP contribution in [0.4, 0.5) is 14.5 Å². The van der Waals surface area contributed by atoms with Gasteiger partial charge < -0.3 is 5.73 Å². The topological polar surface area (TPSA) is 43.1 Å². The molecule has 0 aliphatic carbocycles. The number of nitrogen functional groups attached to an aromatic ring is 1. The zero-order valence-electron chi connectivity index (χ0n) is 7.84. The number of benzene rings is 1. The summed E-state index contributed by atoms with van der Waals surface area (Å²) in [5.74, 6) is -0.0357. The van der Waals surface area contributed by atoms with Gasteiger partial charge in [-0.1, -0.05) is 28.1 Å². The fourth-order valence-electron chi connectivity index (χ4n) is 1.17. The van der Waals surface area contributed by atoms with Gasteiger partial charge in [0.1, 0.15) is 5.78 Å². The van der Waals surface area contributed by atoms with Crippen molar-refractivity contribution in [1.29, 1.82) is 0 Å². The highest BCUT2D eigenvalue weighted by molar-refractivity contribution is 9.09. The zero-order valence-corrected chi connectivity index (χ0v) is 9.43. The highest BCUT2D eigenvalue weighted by Gasteiger charge is 2.10. The molecule has 0 aliphatic rings. The minimum atomic E-state index is -2.53. The first-order valence-corrected chi connectivity index (χ1v) is 5.41. The van der Waals surface area contributed by atoms with Gasteiger partial charge in [-0.2, -0.15) is 0 Å². The van der Waals surface area contributed by atoms with Crippen LogP contribution < -0.4 is 5.73 Å². The lowest BCUT2D eigenvalue weighted by molar-refractivity contribution is -0.115. The summed E-state index contributed by atoms with van der Waals surface area (Å²) in [6.45, 7) is 0. The SMILES string of the molecule is Nc1cc(C(F)F)ccc1CC(=O)CBr. The van der Waals surface area contributed by atoms with Crippen molar-refractivity contribution in [3.8, 4) is 0 Å². The van der Waals surface area contributed by atoms with Gasteiger partial charge in [-0.3, -0.25) is 4.79 Å². The van der Waals surface area contributed by atoms with E-state index < -0.39 is 6.43 Å². The van der Waals surface area contributed by atoms with Gasteiger partial charge in [0, 0.05) is 17.7 Å². The van der Waals surface area contributed by atoms with Crippen molar-refractivity contribution in [3.05, 3.63) is 29.3 Å². The first-order chi connectivity index (χ1) is 7.04. The van der Waals surface area contributed by atoms with Crippen molar-refractivity contribution in [2.24, 2.45) is 0 Å². The lowest BCUT2D eigenvalue weighted by Crippen LogP contribution is -2.06. The van der Waals surface area contributed by atoms with Crippen LogP contribution in [-0.2, 0) is 11.2 Å². The number of halogens is 3. The molecule has 1 aromatic carbocycles. The van der Waals surface area contributed by atoms with Crippen molar-refractivity contribution in [1.82, 2.24) is 0 Å². The Hall–Kier alpha value is -0.970. The number of nitrogens with two attached hydrogens (primary N) is 1. The summed E-state index contributed by atoms with van der Waals surface area (Å²) in [7, 11) is 0. The molecule has 0 bridgehead atoms. The lowest BCUT2D eigenvalue weighted by Gasteiger charge is -2.06. The predicted octanol–water partition coefficient (Wildman–Crippen LogP) is 2.71. The fourth-order valence-corrected chi connectivity index (χ4v) is 1.37. The van der Waals surface area contributed by atoms with Gasteiger partial charge in [0.05, 0.1) is 5.33 Å². The molecule has 0 spiro atoms. The maximum atomic E-state index is 12.3. The minimum Gasteiger partial charge on any atom is -0.398 e. The van der Waals surface area contributed by atoms with Gasteiger partial charge in [-0.05, 0) is 11.6 Å². The van der Waals surface area contributed by atoms with E-state index in [1.165, 1.54) is 18.2 Å². The van der Waals surface area contributed by atoms with Crippen molar-refractivity contribution in [2.45, 2.75) is 12.8 Å². The Bertz CT molecular complexity index is 368. The molecule has 1 rings (SSSR count). The Balaban J connectivity index is 2.88. The van der Waals surface area contributed by atoms with Crippen LogP contribution >= 0.6 is 15.9 Å². The van der Waals surface area contributed by atoms with Crippen LogP contribution in [0.1, 0.15) is 17.6 Å². The molecule has 2 N–H and O–H groups in total. The van der Waals surface area contributed by atoms with Crippen molar-refractivity contribution in [3.63, 3.8) is 0 Å². The van der Waals surface area contributed by atoms with E-state index in [0.29, 0.717) is 5.56 Å². The average Bonchev–Trinajstić information content (AvgIpc) is 2.20. The summed E-state index contributed by atoms with van der Waals surface area (Å²) in [5.41, 5.74) is 6.26. The van der Waals surface area contributed by atoms with Gasteiger partial charge in [-0.25, -0.2) is 8.78 Å². The summed E-state index contributed by atoms with van der Waals surface area (Å²) in [5, 5.41) is 0.239. The Morgan fingerprint density at radius 1 is 1.47 bits per heavy atom. The Morgan fingerprint density at radius 2 is 2.13 bits per heavy atom. The minimum absolute atomic E-state index is 0.0357. The number of hydrogen-bond acceptors (Lipinski definition) is 2. The molecular weight excluding hydrogens is 268 g/mol. The molecule has 0 amide bonds. The largest absolute Gasteiger partial charge is 0.398 e. The number of rotatable bonds is 4. The van der Waals surface area contributed by atoms with Crippen molar-refractivity contribution >= 4 is 27.4 Å². The molecule has 2 nitrogen and oxygen atoms in total. The number of ketones is 1. The molecule has 0 heterocycles. The third-order valence-corrected chi connectivity index (χ3v) is 2.58. The summed E-state index contributed by atoms with van der Waals surface area (Å²) in [6.07, 6.45) is -2.37. The van der Waals surface area contributed by atoms with Crippen molar-refractivity contribution < 1.29 is 13.6 Å². The highest BCUT2D eigenvalue weighted by atomic mass is 79.9. The van der Waals surface area contributed by atoms with Crippen LogP contribution in [0.3, 0.4) is 0 Å². The molecule has 0 fully saturated rings. The zero-order chi connectivity index (χ0) is 11.4. The highest BCUT2D eigenvalue weighted by Crippen LogP contribution is 2.23. The van der Waals surface area contributed by atoms with Crippen LogP contribution in [0.15, 0.2) is 18.2 Å². The molecular formula is C10H10BrF2NO. The number of anilines is 1. The van der Waals surface area contributed by atoms with Crippen LogP contribution in [0.2, 0.25) is 0 Å². The van der Waals surface area contributed by atoms with Gasteiger partial charge in [0.25, 0.3) is 6.43 Å². The fraction of sp³-hybridized carbons (Fsp3) is 0.300. The molecule has 1 aromatic rings. The summed E-state index contributed by atoms with van der Waals surface area (Å²) in [6, 6.07) is 3.97. The second-order valence-electron chi connectivity index (χ2n) is 3.11. The van der Waals surface area contributed by atoms with Crippen LogP contribution in [-0.4, -0.2) is 11.1 Å². The van der Waals surface area contributed by atoms with Crippen LogP contribution in [0, 0.1) is 0 Å². The number of carbonyl (C=O) groups is 1. The average molecular weight is 278 g/mol. The van der Waals surface area contributed by atoms with E-state index in [1.54, 1.807) is 0 Å². The smallest absolute Gasteiger partial charge is 0.263 e. The van der Waals surface area contributed by atoms with Gasteiger partial charge in [0.2, 0.25) is 0 Å². The number of hydrogen-bond donors (Lipinski definition) is 1. The van der Waals surface area contributed by atoms with E-state index >= 15 is 0 Å². The summed E-state index contributed by atoms with van der Waals surface area (Å²) < 4.78 is 24.6. The van der Waals surface area contributed by atoms with E-state index in [-0.39, 0.29) is 28.8 Å². The van der Waals surface area contributed by atoms with E-state index in [0.717, 1.165) is 0 Å². The van der Waals surface area contributed by atoms with E-state index in [2.05, 4.69) is 15.9 Å². The molecule has 5 heteroatoms. The van der Waals surface area contributed by atoms with Crippen LogP contribution in [0.5, 0.6) is 0 Å². The first kappa shape index (κ1) is 12.1. The van der Waals surface area contributed by atoms with E-state index in [4.69, 9.17) is 5.73 Å². The standard InChI is InChI=1S/C10H10BrF2NO/c11-5-8(15)3-6-1-2-7(10(12)13)4-9(6)14/h1-2,4,10H,3,5,14H2. The second kappa shape index (κ2) is 5.21. The molecule has 0 unspecified atom stereocenters. The normalized spacial score (nSPS) is 10.7. The van der Waals surface area contributed by atoms with Gasteiger partial charge in [-0.15, -0.1) is 0 Å². The Kier molecular flexibility index (Phi) is 4.20. The molecule has 0 saturated carbocycles. The Labute approximate surface area is 94.6 Å². The van der Waals surface area contributed by atoms with Crippen LogP contribution in [0.25, 0.3) is 0 Å². The molecule has 0 atom stereocenters. The number of alkyl halides is 3. The molecule has 0 radical (unpaired) electrons. The van der Waals surface area contributed by atoms with Crippen molar-refractivity contribution in [2.75, 3.05) is 11.1 Å². The second-order valence-corrected chi connectivity index (χ2v) is 3.67. The third-order valence-electron chi connectivity index (χ3n) is 1.96. The maximum absolute atomic E-state index is 12.3. The first-order valence-electron chi connectivity index (χ1n) is 4.28. The molecule has 0 aromatic heterocycles. The molecule has 0 saturated heterocycles. The lowest BCUT2D eigenvalue weighted by atomic mass is 10.0. The molecule has 0 aliphatic heterocycles. The van der Waals surface area contributed by atoms with E-state index in [1.807, 2.05) is 0 Å². The van der Waals surface area contributed by atoms with Gasteiger partial charge >= 0.3 is 0 Å².